The lowest BCUT2D eigenvalue weighted by atomic mass is 10.2. The largest absolute Gasteiger partial charge is 0.352 e. The van der Waals surface area contributed by atoms with Crippen LogP contribution in [0.15, 0.2) is 22.7 Å². The number of hydrogen-bond acceptors (Lipinski definition) is 4. The quantitative estimate of drug-likeness (QED) is 0.486. The van der Waals surface area contributed by atoms with Gasteiger partial charge in [-0.2, -0.15) is 0 Å². The van der Waals surface area contributed by atoms with E-state index < -0.39 is 4.92 Å². The minimum Gasteiger partial charge on any atom is -0.352 e. The molecule has 0 radical (unpaired) electrons. The number of carbonyl (C=O) groups excluding carboxylic acids is 1. The van der Waals surface area contributed by atoms with E-state index in [1.54, 1.807) is 0 Å². The first kappa shape index (κ1) is 16.8. The summed E-state index contributed by atoms with van der Waals surface area (Å²) < 4.78 is 0.400. The first-order valence-electron chi connectivity index (χ1n) is 4.98. The van der Waals surface area contributed by atoms with Crippen molar-refractivity contribution in [2.24, 2.45) is 5.73 Å². The molecule has 0 unspecified atom stereocenters. The maximum absolute atomic E-state index is 11.7. The summed E-state index contributed by atoms with van der Waals surface area (Å²) in [7, 11) is 0. The van der Waals surface area contributed by atoms with E-state index >= 15 is 0 Å². The zero-order valence-electron chi connectivity index (χ0n) is 9.39. The van der Waals surface area contributed by atoms with Crippen LogP contribution in [0.3, 0.4) is 0 Å². The Morgan fingerprint density at radius 1 is 1.50 bits per heavy atom. The molecule has 0 saturated carbocycles. The molecule has 0 saturated heterocycles. The molecule has 0 aliphatic rings. The Morgan fingerprint density at radius 2 is 2.17 bits per heavy atom. The fourth-order valence-electron chi connectivity index (χ4n) is 1.20. The lowest BCUT2D eigenvalue weighted by Gasteiger charge is -2.05. The average Bonchev–Trinajstić information content (AvgIpc) is 2.28. The molecule has 0 aromatic heterocycles. The number of nitro benzene ring substituents is 1. The van der Waals surface area contributed by atoms with Crippen molar-refractivity contribution in [3.05, 3.63) is 38.3 Å². The zero-order chi connectivity index (χ0) is 12.8. The minimum absolute atomic E-state index is 0. The number of halogens is 2. The van der Waals surface area contributed by atoms with Crippen molar-refractivity contribution >= 4 is 39.9 Å². The maximum Gasteiger partial charge on any atom is 0.270 e. The molecule has 0 fully saturated rings. The van der Waals surface area contributed by atoms with Crippen molar-refractivity contribution in [3.63, 3.8) is 0 Å². The van der Waals surface area contributed by atoms with Crippen LogP contribution in [0.1, 0.15) is 16.8 Å². The molecule has 6 nitrogen and oxygen atoms in total. The third-order valence-electron chi connectivity index (χ3n) is 2.07. The number of nitro groups is 1. The molecule has 1 amide bonds. The van der Waals surface area contributed by atoms with Gasteiger partial charge in [0.1, 0.15) is 0 Å². The number of nitrogens with two attached hydrogens (primary N) is 1. The molecule has 100 valence electrons. The van der Waals surface area contributed by atoms with Crippen molar-refractivity contribution in [2.75, 3.05) is 13.1 Å². The van der Waals surface area contributed by atoms with Gasteiger partial charge in [-0.3, -0.25) is 14.9 Å². The summed E-state index contributed by atoms with van der Waals surface area (Å²) in [4.78, 5) is 21.7. The van der Waals surface area contributed by atoms with Gasteiger partial charge in [-0.1, -0.05) is 0 Å². The highest BCUT2D eigenvalue weighted by molar-refractivity contribution is 9.10. The normalized spacial score (nSPS) is 9.44. The molecule has 3 N–H and O–H groups in total. The zero-order valence-corrected chi connectivity index (χ0v) is 11.8. The molecule has 0 aliphatic heterocycles. The van der Waals surface area contributed by atoms with Crippen LogP contribution in [0.5, 0.6) is 0 Å². The summed E-state index contributed by atoms with van der Waals surface area (Å²) in [5.41, 5.74) is 5.61. The molecule has 0 spiro atoms. The number of nitrogens with one attached hydrogen (secondary N) is 1. The van der Waals surface area contributed by atoms with Crippen LogP contribution < -0.4 is 11.1 Å². The highest BCUT2D eigenvalue weighted by atomic mass is 79.9. The Kier molecular flexibility index (Phi) is 7.49. The summed E-state index contributed by atoms with van der Waals surface area (Å²) in [5, 5.41) is 13.2. The van der Waals surface area contributed by atoms with E-state index in [0.717, 1.165) is 0 Å². The third kappa shape index (κ3) is 4.59. The molecule has 1 rings (SSSR count). The summed E-state index contributed by atoms with van der Waals surface area (Å²) in [6, 6.07) is 4.01. The summed E-state index contributed by atoms with van der Waals surface area (Å²) in [6.45, 7) is 0.987. The van der Waals surface area contributed by atoms with Crippen molar-refractivity contribution in [2.45, 2.75) is 6.42 Å². The van der Waals surface area contributed by atoms with E-state index in [2.05, 4.69) is 21.2 Å². The molecule has 0 heterocycles. The molecule has 0 atom stereocenters. The van der Waals surface area contributed by atoms with Gasteiger partial charge < -0.3 is 11.1 Å². The Balaban J connectivity index is 0.00000289. The Morgan fingerprint density at radius 3 is 2.67 bits per heavy atom. The Labute approximate surface area is 119 Å². The van der Waals surface area contributed by atoms with E-state index in [1.165, 1.54) is 18.2 Å². The minimum atomic E-state index is -0.513. The summed E-state index contributed by atoms with van der Waals surface area (Å²) >= 11 is 3.14. The molecular formula is C10H13BrClN3O3. The van der Waals surface area contributed by atoms with E-state index in [4.69, 9.17) is 5.73 Å². The van der Waals surface area contributed by atoms with Gasteiger partial charge in [-0.25, -0.2) is 0 Å². The number of hydrogen-bond donors (Lipinski definition) is 2. The molecule has 0 bridgehead atoms. The fourth-order valence-corrected chi connectivity index (χ4v) is 1.75. The van der Waals surface area contributed by atoms with Crippen molar-refractivity contribution in [1.29, 1.82) is 0 Å². The van der Waals surface area contributed by atoms with E-state index in [1.807, 2.05) is 0 Å². The standard InChI is InChI=1S/C10H12BrN3O3.ClH/c11-9-6-7(14(16)17)2-3-8(9)10(15)13-5-1-4-12;/h2-3,6H,1,4-5,12H2,(H,13,15);1H. The predicted octanol–water partition coefficient (Wildman–Crippen LogP) is 1.86. The second-order valence-corrected chi connectivity index (χ2v) is 4.17. The van der Waals surface area contributed by atoms with Gasteiger partial charge in [-0.15, -0.1) is 12.4 Å². The summed E-state index contributed by atoms with van der Waals surface area (Å²) in [6.07, 6.45) is 0.691. The van der Waals surface area contributed by atoms with Crippen molar-refractivity contribution < 1.29 is 9.72 Å². The van der Waals surface area contributed by atoms with Gasteiger partial charge in [0.15, 0.2) is 0 Å². The number of rotatable bonds is 5. The smallest absolute Gasteiger partial charge is 0.270 e. The SMILES string of the molecule is Cl.NCCCNC(=O)c1ccc([N+](=O)[O-])cc1Br. The monoisotopic (exact) mass is 337 g/mol. The maximum atomic E-state index is 11.7. The molecular weight excluding hydrogens is 325 g/mol. The van der Waals surface area contributed by atoms with Crippen LogP contribution in [-0.4, -0.2) is 23.9 Å². The number of amides is 1. The van der Waals surface area contributed by atoms with Crippen LogP contribution in [0.2, 0.25) is 0 Å². The highest BCUT2D eigenvalue weighted by Crippen LogP contribution is 2.22. The highest BCUT2D eigenvalue weighted by Gasteiger charge is 2.13. The molecule has 0 aliphatic carbocycles. The van der Waals surface area contributed by atoms with E-state index in [-0.39, 0.29) is 24.0 Å². The van der Waals surface area contributed by atoms with Crippen LogP contribution >= 0.6 is 28.3 Å². The second kappa shape index (κ2) is 8.02. The molecule has 1 aromatic carbocycles. The predicted molar refractivity (Wildman–Crippen MR) is 74.0 cm³/mol. The first-order valence-corrected chi connectivity index (χ1v) is 5.77. The second-order valence-electron chi connectivity index (χ2n) is 3.32. The van der Waals surface area contributed by atoms with Crippen LogP contribution in [0.4, 0.5) is 5.69 Å². The van der Waals surface area contributed by atoms with Gasteiger partial charge in [0, 0.05) is 23.2 Å². The number of benzene rings is 1. The number of nitrogens with zero attached hydrogens (tertiary/aromatic N) is 1. The van der Waals surface area contributed by atoms with Gasteiger partial charge in [0.25, 0.3) is 11.6 Å². The number of carbonyl (C=O) groups is 1. The summed E-state index contributed by atoms with van der Waals surface area (Å²) in [5.74, 6) is -0.278. The van der Waals surface area contributed by atoms with Gasteiger partial charge in [-0.05, 0) is 35.0 Å². The van der Waals surface area contributed by atoms with E-state index in [9.17, 15) is 14.9 Å². The first-order chi connectivity index (χ1) is 8.06. The van der Waals surface area contributed by atoms with Crippen LogP contribution in [-0.2, 0) is 0 Å². The van der Waals surface area contributed by atoms with Crippen LogP contribution in [0.25, 0.3) is 0 Å². The lowest BCUT2D eigenvalue weighted by Crippen LogP contribution is -2.26. The third-order valence-corrected chi connectivity index (χ3v) is 2.73. The van der Waals surface area contributed by atoms with Gasteiger partial charge in [0.05, 0.1) is 10.5 Å². The van der Waals surface area contributed by atoms with Crippen molar-refractivity contribution in [3.8, 4) is 0 Å². The molecule has 1 aromatic rings. The average molecular weight is 339 g/mol. The topological polar surface area (TPSA) is 98.3 Å². The Bertz CT molecular complexity index is 442. The molecule has 18 heavy (non-hydrogen) atoms. The van der Waals surface area contributed by atoms with Crippen molar-refractivity contribution in [1.82, 2.24) is 5.32 Å². The molecule has 8 heteroatoms. The van der Waals surface area contributed by atoms with Crippen LogP contribution in [0, 0.1) is 10.1 Å². The lowest BCUT2D eigenvalue weighted by molar-refractivity contribution is -0.384. The van der Waals surface area contributed by atoms with E-state index in [0.29, 0.717) is 29.5 Å². The van der Waals surface area contributed by atoms with Gasteiger partial charge in [0.2, 0.25) is 0 Å². The van der Waals surface area contributed by atoms with Gasteiger partial charge >= 0.3 is 0 Å². The Hall–Kier alpha value is -1.18. The number of non-ortho nitro benzene ring substituents is 1. The fraction of sp³-hybridized carbons (Fsp3) is 0.300.